The predicted molar refractivity (Wildman–Crippen MR) is 110 cm³/mol. The number of halogens is 1. The van der Waals surface area contributed by atoms with Gasteiger partial charge in [-0.25, -0.2) is 0 Å². The van der Waals surface area contributed by atoms with Crippen molar-refractivity contribution in [1.82, 2.24) is 14.8 Å². The Hall–Kier alpha value is -1.93. The summed E-state index contributed by atoms with van der Waals surface area (Å²) < 4.78 is 0. The van der Waals surface area contributed by atoms with Gasteiger partial charge in [0.15, 0.2) is 0 Å². The lowest BCUT2D eigenvalue weighted by Crippen LogP contribution is -2.49. The van der Waals surface area contributed by atoms with Crippen molar-refractivity contribution in [2.75, 3.05) is 39.8 Å². The third-order valence-corrected chi connectivity index (χ3v) is 5.89. The van der Waals surface area contributed by atoms with Gasteiger partial charge < -0.3 is 9.80 Å². The number of aryl methyl sites for hydroxylation is 1. The van der Waals surface area contributed by atoms with Crippen LogP contribution in [0.25, 0.3) is 0 Å². The van der Waals surface area contributed by atoms with Crippen LogP contribution in [0.4, 0.5) is 0 Å². The Kier molecular flexibility index (Phi) is 6.16. The van der Waals surface area contributed by atoms with E-state index in [0.29, 0.717) is 5.02 Å². The van der Waals surface area contributed by atoms with Crippen LogP contribution in [-0.2, 0) is 5.41 Å². The molecule has 0 spiro atoms. The van der Waals surface area contributed by atoms with Crippen LogP contribution in [-0.4, -0.2) is 54.6 Å². The predicted octanol–water partition coefficient (Wildman–Crippen LogP) is 3.74. The Morgan fingerprint density at radius 3 is 2.41 bits per heavy atom. The van der Waals surface area contributed by atoms with Crippen LogP contribution in [0.1, 0.15) is 23.9 Å². The van der Waals surface area contributed by atoms with Gasteiger partial charge in [-0.05, 0) is 49.7 Å². The second-order valence-electron chi connectivity index (χ2n) is 7.60. The van der Waals surface area contributed by atoms with E-state index in [1.165, 1.54) is 0 Å². The van der Waals surface area contributed by atoms with E-state index in [4.69, 9.17) is 16.6 Å². The summed E-state index contributed by atoms with van der Waals surface area (Å²) in [6, 6.07) is 16.2. The van der Waals surface area contributed by atoms with Crippen LogP contribution >= 0.6 is 11.6 Å². The lowest BCUT2D eigenvalue weighted by molar-refractivity contribution is 0.129. The molecule has 0 aliphatic carbocycles. The number of nitrogens with zero attached hydrogens (tertiary/aromatic N) is 4. The number of pyridine rings is 1. The maximum Gasteiger partial charge on any atom is 0.128 e. The van der Waals surface area contributed by atoms with E-state index >= 15 is 0 Å². The summed E-state index contributed by atoms with van der Waals surface area (Å²) >= 11 is 6.11. The minimum atomic E-state index is -0.806. The maximum absolute atomic E-state index is 10.4. The zero-order chi connectivity index (χ0) is 19.4. The van der Waals surface area contributed by atoms with E-state index in [9.17, 15) is 5.26 Å². The van der Waals surface area contributed by atoms with E-state index in [1.54, 1.807) is 0 Å². The van der Waals surface area contributed by atoms with Crippen LogP contribution in [0.3, 0.4) is 0 Å². The molecule has 1 aliphatic heterocycles. The number of hydrogen-bond acceptors (Lipinski definition) is 4. The van der Waals surface area contributed by atoms with Gasteiger partial charge in [-0.15, -0.1) is 0 Å². The Bertz CT molecular complexity index is 806. The van der Waals surface area contributed by atoms with E-state index < -0.39 is 5.41 Å². The monoisotopic (exact) mass is 382 g/mol. The molecular weight excluding hydrogens is 356 g/mol. The molecule has 3 rings (SSSR count). The summed E-state index contributed by atoms with van der Waals surface area (Å²) in [5.41, 5.74) is 1.89. The molecule has 1 aromatic carbocycles. The third-order valence-electron chi connectivity index (χ3n) is 5.64. The highest BCUT2D eigenvalue weighted by Crippen LogP contribution is 2.39. The van der Waals surface area contributed by atoms with Crippen LogP contribution in [0.15, 0.2) is 42.5 Å². The van der Waals surface area contributed by atoms with E-state index in [-0.39, 0.29) is 5.92 Å². The molecule has 4 nitrogen and oxygen atoms in total. The summed E-state index contributed by atoms with van der Waals surface area (Å²) in [7, 11) is 2.16. The molecule has 1 aromatic heterocycles. The molecule has 0 amide bonds. The molecule has 2 atom stereocenters. The van der Waals surface area contributed by atoms with Crippen LogP contribution in [0, 0.1) is 24.2 Å². The molecule has 142 valence electrons. The molecular formula is C22H27ClN4. The van der Waals surface area contributed by atoms with E-state index in [1.807, 2.05) is 49.4 Å². The van der Waals surface area contributed by atoms with Crippen LogP contribution < -0.4 is 0 Å². The molecule has 27 heavy (non-hydrogen) atoms. The molecule has 1 saturated heterocycles. The normalized spacial score (nSPS) is 19.2. The number of likely N-dealkylation sites (N-methyl/N-ethyl adjacent to an activating group) is 1. The molecule has 0 radical (unpaired) electrons. The SMILES string of the molecule is Cc1cccc(C(C#N)(c2ccc(Cl)cc2)C(C)CN2CCN(C)CC2)n1. The van der Waals surface area contributed by atoms with Gasteiger partial charge in [0.05, 0.1) is 11.8 Å². The van der Waals surface area contributed by atoms with Crippen molar-refractivity contribution in [3.8, 4) is 6.07 Å². The first kappa shape index (κ1) is 19.8. The Balaban J connectivity index is 2.01. The number of rotatable bonds is 5. The molecule has 5 heteroatoms. The van der Waals surface area contributed by atoms with Gasteiger partial charge in [0, 0.05) is 43.4 Å². The minimum Gasteiger partial charge on any atom is -0.304 e. The molecule has 0 N–H and O–H groups in total. The summed E-state index contributed by atoms with van der Waals surface area (Å²) in [6.45, 7) is 9.19. The van der Waals surface area contributed by atoms with Gasteiger partial charge in [0.25, 0.3) is 0 Å². The summed E-state index contributed by atoms with van der Waals surface area (Å²) in [5, 5.41) is 11.1. The Morgan fingerprint density at radius 1 is 1.15 bits per heavy atom. The van der Waals surface area contributed by atoms with Gasteiger partial charge in [0.2, 0.25) is 0 Å². The third kappa shape index (κ3) is 4.16. The number of nitriles is 1. The van der Waals surface area contributed by atoms with Crippen molar-refractivity contribution in [1.29, 1.82) is 5.26 Å². The van der Waals surface area contributed by atoms with Crippen molar-refractivity contribution in [2.45, 2.75) is 19.3 Å². The fourth-order valence-corrected chi connectivity index (χ4v) is 4.07. The lowest BCUT2D eigenvalue weighted by Gasteiger charge is -2.39. The molecule has 2 unspecified atom stereocenters. The number of aromatic nitrogens is 1. The van der Waals surface area contributed by atoms with Gasteiger partial charge in [-0.2, -0.15) is 5.26 Å². The quantitative estimate of drug-likeness (QED) is 0.790. The fraction of sp³-hybridized carbons (Fsp3) is 0.455. The van der Waals surface area contributed by atoms with Gasteiger partial charge in [0.1, 0.15) is 5.41 Å². The van der Waals surface area contributed by atoms with Crippen molar-refractivity contribution in [2.24, 2.45) is 5.92 Å². The van der Waals surface area contributed by atoms with Gasteiger partial charge in [-0.3, -0.25) is 4.98 Å². The first-order valence-corrected chi connectivity index (χ1v) is 9.86. The second kappa shape index (κ2) is 8.39. The maximum atomic E-state index is 10.4. The van der Waals surface area contributed by atoms with Gasteiger partial charge >= 0.3 is 0 Å². The largest absolute Gasteiger partial charge is 0.304 e. The molecule has 0 saturated carbocycles. The molecule has 0 bridgehead atoms. The smallest absolute Gasteiger partial charge is 0.128 e. The first-order chi connectivity index (χ1) is 13.0. The standard InChI is InChI=1S/C22H27ClN4/c1-17(15-27-13-11-26(3)12-14-27)22(16-24,19-7-9-20(23)10-8-19)21-6-4-5-18(2)25-21/h4-10,17H,11-15H2,1-3H3. The highest BCUT2D eigenvalue weighted by molar-refractivity contribution is 6.30. The van der Waals surface area contributed by atoms with Crippen LogP contribution in [0.2, 0.25) is 5.02 Å². The summed E-state index contributed by atoms with van der Waals surface area (Å²) in [6.07, 6.45) is 0. The average molecular weight is 383 g/mol. The van der Waals surface area contributed by atoms with Crippen molar-refractivity contribution in [3.05, 3.63) is 64.4 Å². The first-order valence-electron chi connectivity index (χ1n) is 9.48. The Morgan fingerprint density at radius 2 is 1.81 bits per heavy atom. The average Bonchev–Trinajstić information content (AvgIpc) is 2.66. The summed E-state index contributed by atoms with van der Waals surface area (Å²) in [4.78, 5) is 9.57. The zero-order valence-corrected chi connectivity index (χ0v) is 17.1. The van der Waals surface area contributed by atoms with Crippen molar-refractivity contribution in [3.63, 3.8) is 0 Å². The lowest BCUT2D eigenvalue weighted by atomic mass is 9.69. The van der Waals surface area contributed by atoms with E-state index in [0.717, 1.165) is 49.7 Å². The van der Waals surface area contributed by atoms with Crippen LogP contribution in [0.5, 0.6) is 0 Å². The molecule has 1 fully saturated rings. The Labute approximate surface area is 167 Å². The van der Waals surface area contributed by atoms with Gasteiger partial charge in [-0.1, -0.05) is 36.7 Å². The zero-order valence-electron chi connectivity index (χ0n) is 16.3. The van der Waals surface area contributed by atoms with Crippen molar-refractivity contribution >= 4 is 11.6 Å². The molecule has 2 heterocycles. The number of piperazine rings is 1. The molecule has 2 aromatic rings. The fourth-order valence-electron chi connectivity index (χ4n) is 3.95. The number of hydrogen-bond donors (Lipinski definition) is 0. The second-order valence-corrected chi connectivity index (χ2v) is 8.03. The molecule has 1 aliphatic rings. The van der Waals surface area contributed by atoms with Crippen molar-refractivity contribution < 1.29 is 0 Å². The number of benzene rings is 1. The topological polar surface area (TPSA) is 43.2 Å². The summed E-state index contributed by atoms with van der Waals surface area (Å²) in [5.74, 6) is 0.0846. The van der Waals surface area contributed by atoms with E-state index in [2.05, 4.69) is 29.8 Å². The highest BCUT2D eigenvalue weighted by atomic mass is 35.5. The minimum absolute atomic E-state index is 0.0846. The highest BCUT2D eigenvalue weighted by Gasteiger charge is 2.42.